The highest BCUT2D eigenvalue weighted by Gasteiger charge is 2.45. The molecule has 0 spiro atoms. The Morgan fingerprint density at radius 2 is 2.14 bits per heavy atom. The lowest BCUT2D eigenvalue weighted by Gasteiger charge is -2.35. The lowest BCUT2D eigenvalue weighted by Crippen LogP contribution is -2.42. The van der Waals surface area contributed by atoms with Crippen molar-refractivity contribution in [1.82, 2.24) is 0 Å². The molecule has 0 amide bonds. The average Bonchev–Trinajstić information content (AvgIpc) is 2.96. The van der Waals surface area contributed by atoms with Crippen molar-refractivity contribution in [3.05, 3.63) is 35.9 Å². The number of Topliss-reactive ketones (excluding diaryl/α,β-unsaturated/α-hetero) is 1. The van der Waals surface area contributed by atoms with Gasteiger partial charge in [0.2, 0.25) is 6.79 Å². The molecular formula is C17H18O5. The average molecular weight is 302 g/mol. The SMILES string of the molecule is CC(C(=O)O)C1(Cc2ccc3c(c2)OCO3)C=CCCC1=O. The van der Waals surface area contributed by atoms with Gasteiger partial charge in [-0.15, -0.1) is 0 Å². The summed E-state index contributed by atoms with van der Waals surface area (Å²) in [6.45, 7) is 1.79. The lowest BCUT2D eigenvalue weighted by molar-refractivity contribution is -0.149. The summed E-state index contributed by atoms with van der Waals surface area (Å²) in [7, 11) is 0. The number of carbonyl (C=O) groups excluding carboxylic acids is 1. The molecule has 2 unspecified atom stereocenters. The van der Waals surface area contributed by atoms with E-state index >= 15 is 0 Å². The Hall–Kier alpha value is -2.30. The van der Waals surface area contributed by atoms with E-state index in [0.717, 1.165) is 5.56 Å². The second-order valence-corrected chi connectivity index (χ2v) is 5.83. The van der Waals surface area contributed by atoms with Crippen LogP contribution in [-0.4, -0.2) is 23.7 Å². The number of hydrogen-bond donors (Lipinski definition) is 1. The molecule has 0 bridgehead atoms. The van der Waals surface area contributed by atoms with Crippen molar-refractivity contribution in [2.24, 2.45) is 11.3 Å². The molecule has 3 rings (SSSR count). The van der Waals surface area contributed by atoms with E-state index in [9.17, 15) is 14.7 Å². The van der Waals surface area contributed by atoms with Gasteiger partial charge in [-0.3, -0.25) is 9.59 Å². The smallest absolute Gasteiger partial charge is 0.307 e. The van der Waals surface area contributed by atoms with Crippen molar-refractivity contribution in [2.45, 2.75) is 26.2 Å². The number of allylic oxidation sites excluding steroid dienone is 2. The van der Waals surface area contributed by atoms with Crippen LogP contribution >= 0.6 is 0 Å². The Morgan fingerprint density at radius 3 is 2.86 bits per heavy atom. The van der Waals surface area contributed by atoms with Gasteiger partial charge < -0.3 is 14.6 Å². The summed E-state index contributed by atoms with van der Waals surface area (Å²) in [5.74, 6) is -0.428. The molecule has 116 valence electrons. The van der Waals surface area contributed by atoms with E-state index in [4.69, 9.17) is 9.47 Å². The van der Waals surface area contributed by atoms with Crippen LogP contribution in [0, 0.1) is 11.3 Å². The summed E-state index contributed by atoms with van der Waals surface area (Å²) in [6.07, 6.45) is 5.11. The molecule has 0 saturated carbocycles. The van der Waals surface area contributed by atoms with E-state index in [1.807, 2.05) is 18.2 Å². The van der Waals surface area contributed by atoms with Gasteiger partial charge >= 0.3 is 5.97 Å². The van der Waals surface area contributed by atoms with Gasteiger partial charge in [0.1, 0.15) is 5.78 Å². The lowest BCUT2D eigenvalue weighted by atomic mass is 9.66. The Morgan fingerprint density at radius 1 is 1.36 bits per heavy atom. The number of carbonyl (C=O) groups is 2. The summed E-state index contributed by atoms with van der Waals surface area (Å²) in [5, 5.41) is 9.42. The van der Waals surface area contributed by atoms with Gasteiger partial charge in [0.05, 0.1) is 11.3 Å². The maximum atomic E-state index is 12.5. The van der Waals surface area contributed by atoms with Crippen molar-refractivity contribution in [2.75, 3.05) is 6.79 Å². The maximum absolute atomic E-state index is 12.5. The van der Waals surface area contributed by atoms with Gasteiger partial charge in [-0.2, -0.15) is 0 Å². The first-order valence-corrected chi connectivity index (χ1v) is 7.35. The van der Waals surface area contributed by atoms with Crippen molar-refractivity contribution < 1.29 is 24.2 Å². The molecular weight excluding hydrogens is 284 g/mol. The first-order chi connectivity index (χ1) is 10.5. The summed E-state index contributed by atoms with van der Waals surface area (Å²) in [4.78, 5) is 24.0. The van der Waals surface area contributed by atoms with Crippen LogP contribution in [0.4, 0.5) is 0 Å². The number of carboxylic acids is 1. The molecule has 1 aliphatic carbocycles. The molecule has 0 fully saturated rings. The molecule has 22 heavy (non-hydrogen) atoms. The third kappa shape index (κ3) is 2.36. The van der Waals surface area contributed by atoms with Gasteiger partial charge in [-0.25, -0.2) is 0 Å². The Labute approximate surface area is 128 Å². The molecule has 1 aliphatic heterocycles. The van der Waals surface area contributed by atoms with Gasteiger partial charge in [0.25, 0.3) is 0 Å². The number of ketones is 1. The predicted octanol–water partition coefficient (Wildman–Crippen LogP) is 2.58. The van der Waals surface area contributed by atoms with Crippen LogP contribution in [0.15, 0.2) is 30.4 Å². The highest BCUT2D eigenvalue weighted by molar-refractivity contribution is 5.92. The van der Waals surface area contributed by atoms with E-state index in [2.05, 4.69) is 0 Å². The van der Waals surface area contributed by atoms with Crippen LogP contribution in [0.2, 0.25) is 0 Å². The van der Waals surface area contributed by atoms with Crippen LogP contribution in [0.5, 0.6) is 11.5 Å². The molecule has 1 heterocycles. The zero-order valence-corrected chi connectivity index (χ0v) is 12.4. The number of rotatable bonds is 4. The van der Waals surface area contributed by atoms with Crippen LogP contribution < -0.4 is 9.47 Å². The molecule has 2 atom stereocenters. The number of hydrogen-bond acceptors (Lipinski definition) is 4. The van der Waals surface area contributed by atoms with Crippen molar-refractivity contribution in [3.63, 3.8) is 0 Å². The first-order valence-electron chi connectivity index (χ1n) is 7.35. The summed E-state index contributed by atoms with van der Waals surface area (Å²) >= 11 is 0. The van der Waals surface area contributed by atoms with Gasteiger partial charge in [0.15, 0.2) is 11.5 Å². The molecule has 0 aromatic heterocycles. The van der Waals surface area contributed by atoms with E-state index < -0.39 is 17.3 Å². The molecule has 5 nitrogen and oxygen atoms in total. The third-order valence-electron chi connectivity index (χ3n) is 4.55. The minimum atomic E-state index is -0.988. The summed E-state index contributed by atoms with van der Waals surface area (Å²) in [5.41, 5.74) is -0.116. The topological polar surface area (TPSA) is 72.8 Å². The Kier molecular flexibility index (Phi) is 3.64. The van der Waals surface area contributed by atoms with Crippen LogP contribution in [0.1, 0.15) is 25.3 Å². The Bertz CT molecular complexity index is 648. The zero-order chi connectivity index (χ0) is 15.7. The van der Waals surface area contributed by atoms with Crippen molar-refractivity contribution in [3.8, 4) is 11.5 Å². The molecule has 2 aliphatic rings. The third-order valence-corrected chi connectivity index (χ3v) is 4.55. The fourth-order valence-electron chi connectivity index (χ4n) is 3.14. The number of carboxylic acid groups (broad SMARTS) is 1. The number of aliphatic carboxylic acids is 1. The normalized spacial score (nSPS) is 24.3. The van der Waals surface area contributed by atoms with Crippen LogP contribution in [0.25, 0.3) is 0 Å². The standard InChI is InChI=1S/C17H18O5/c1-11(16(19)20)17(7-3-2-4-15(17)18)9-12-5-6-13-14(8-12)22-10-21-13/h3,5-8,11H,2,4,9-10H2,1H3,(H,19,20). The molecule has 1 aromatic carbocycles. The van der Waals surface area contributed by atoms with Gasteiger partial charge in [-0.1, -0.05) is 25.1 Å². The first kappa shape index (κ1) is 14.6. The fourth-order valence-corrected chi connectivity index (χ4v) is 3.14. The molecule has 0 saturated heterocycles. The van der Waals surface area contributed by atoms with E-state index in [0.29, 0.717) is 30.8 Å². The highest BCUT2D eigenvalue weighted by atomic mass is 16.7. The molecule has 5 heteroatoms. The number of fused-ring (bicyclic) bond motifs is 1. The number of benzene rings is 1. The fraction of sp³-hybridized carbons (Fsp3) is 0.412. The molecule has 1 N–H and O–H groups in total. The van der Waals surface area contributed by atoms with Crippen molar-refractivity contribution >= 4 is 11.8 Å². The molecule has 1 aromatic rings. The van der Waals surface area contributed by atoms with Gasteiger partial charge in [-0.05, 0) is 30.5 Å². The minimum absolute atomic E-state index is 0.0115. The van der Waals surface area contributed by atoms with Crippen molar-refractivity contribution in [1.29, 1.82) is 0 Å². The minimum Gasteiger partial charge on any atom is -0.481 e. The zero-order valence-electron chi connectivity index (χ0n) is 12.4. The second kappa shape index (κ2) is 5.48. The summed E-state index contributed by atoms with van der Waals surface area (Å²) in [6, 6.07) is 5.49. The second-order valence-electron chi connectivity index (χ2n) is 5.83. The molecule has 0 radical (unpaired) electrons. The van der Waals surface area contributed by atoms with E-state index in [1.165, 1.54) is 0 Å². The Balaban J connectivity index is 1.97. The largest absolute Gasteiger partial charge is 0.481 e. The van der Waals surface area contributed by atoms with E-state index in [1.54, 1.807) is 19.1 Å². The van der Waals surface area contributed by atoms with Crippen LogP contribution in [-0.2, 0) is 16.0 Å². The number of ether oxygens (including phenoxy) is 2. The van der Waals surface area contributed by atoms with E-state index in [-0.39, 0.29) is 12.6 Å². The maximum Gasteiger partial charge on any atom is 0.307 e. The highest BCUT2D eigenvalue weighted by Crippen LogP contribution is 2.41. The van der Waals surface area contributed by atoms with Gasteiger partial charge in [0, 0.05) is 6.42 Å². The summed E-state index contributed by atoms with van der Waals surface area (Å²) < 4.78 is 10.6. The monoisotopic (exact) mass is 302 g/mol. The van der Waals surface area contributed by atoms with Crippen LogP contribution in [0.3, 0.4) is 0 Å². The predicted molar refractivity (Wildman–Crippen MR) is 78.9 cm³/mol. The quantitative estimate of drug-likeness (QED) is 0.865.